The second kappa shape index (κ2) is 5.66. The highest BCUT2D eigenvalue weighted by Gasteiger charge is 2.11. The zero-order chi connectivity index (χ0) is 15.6. The van der Waals surface area contributed by atoms with Crippen molar-refractivity contribution < 1.29 is 5.11 Å². The summed E-state index contributed by atoms with van der Waals surface area (Å²) in [5.41, 5.74) is 0.180. The molecule has 0 unspecified atom stereocenters. The molecule has 21 heavy (non-hydrogen) atoms. The van der Waals surface area contributed by atoms with Crippen LogP contribution in [0.3, 0.4) is 0 Å². The predicted octanol–water partition coefficient (Wildman–Crippen LogP) is 0.363. The SMILES string of the molecule is Cn1c(=O)c2c(ncn2C)n(C)c1=O.Oc1ccccc1. The largest absolute Gasteiger partial charge is 0.508 e. The third-order valence-corrected chi connectivity index (χ3v) is 3.07. The molecule has 0 spiro atoms. The third kappa shape index (κ3) is 2.71. The highest BCUT2D eigenvalue weighted by Crippen LogP contribution is 2.03. The van der Waals surface area contributed by atoms with Crippen molar-refractivity contribution in [1.82, 2.24) is 18.7 Å². The van der Waals surface area contributed by atoms with Crippen molar-refractivity contribution in [1.29, 1.82) is 0 Å². The van der Waals surface area contributed by atoms with E-state index in [4.69, 9.17) is 5.11 Å². The van der Waals surface area contributed by atoms with Crippen LogP contribution in [0.25, 0.3) is 11.2 Å². The number of imidazole rings is 1. The molecule has 0 fully saturated rings. The van der Waals surface area contributed by atoms with Crippen LogP contribution in [0.2, 0.25) is 0 Å². The van der Waals surface area contributed by atoms with E-state index in [1.807, 2.05) is 6.07 Å². The summed E-state index contributed by atoms with van der Waals surface area (Å²) in [4.78, 5) is 27.2. The van der Waals surface area contributed by atoms with E-state index in [-0.39, 0.29) is 11.2 Å². The Morgan fingerprint density at radius 2 is 1.62 bits per heavy atom. The summed E-state index contributed by atoms with van der Waals surface area (Å²) in [5, 5.41) is 8.63. The number of nitrogens with zero attached hydrogens (tertiary/aromatic N) is 4. The minimum absolute atomic E-state index is 0.317. The minimum Gasteiger partial charge on any atom is -0.508 e. The molecule has 7 nitrogen and oxygen atoms in total. The van der Waals surface area contributed by atoms with E-state index in [9.17, 15) is 9.59 Å². The number of aromatic nitrogens is 4. The normalized spacial score (nSPS) is 10.2. The Kier molecular flexibility index (Phi) is 3.93. The Bertz CT molecular complexity index is 875. The second-order valence-corrected chi connectivity index (χ2v) is 4.57. The zero-order valence-corrected chi connectivity index (χ0v) is 12.0. The van der Waals surface area contributed by atoms with Crippen LogP contribution in [0.5, 0.6) is 5.75 Å². The summed E-state index contributed by atoms with van der Waals surface area (Å²) in [6.45, 7) is 0. The molecule has 0 atom stereocenters. The number of benzene rings is 1. The number of hydrogen-bond acceptors (Lipinski definition) is 4. The smallest absolute Gasteiger partial charge is 0.332 e. The third-order valence-electron chi connectivity index (χ3n) is 3.07. The number of para-hydroxylation sites is 1. The van der Waals surface area contributed by atoms with Gasteiger partial charge < -0.3 is 9.67 Å². The van der Waals surface area contributed by atoms with Crippen LogP contribution in [-0.4, -0.2) is 23.8 Å². The molecule has 0 bridgehead atoms. The summed E-state index contributed by atoms with van der Waals surface area (Å²) in [6, 6.07) is 8.71. The Morgan fingerprint density at radius 3 is 2.14 bits per heavy atom. The molecule has 2 heterocycles. The summed E-state index contributed by atoms with van der Waals surface area (Å²) in [6.07, 6.45) is 1.52. The topological polar surface area (TPSA) is 82.0 Å². The van der Waals surface area contributed by atoms with Crippen LogP contribution >= 0.6 is 0 Å². The highest BCUT2D eigenvalue weighted by atomic mass is 16.3. The number of hydrogen-bond donors (Lipinski definition) is 1. The number of rotatable bonds is 0. The molecule has 7 heteroatoms. The fraction of sp³-hybridized carbons (Fsp3) is 0.214. The van der Waals surface area contributed by atoms with Gasteiger partial charge in [0, 0.05) is 21.1 Å². The molecule has 2 aromatic heterocycles. The minimum atomic E-state index is -0.360. The van der Waals surface area contributed by atoms with E-state index in [0.29, 0.717) is 16.9 Å². The Balaban J connectivity index is 0.000000194. The fourth-order valence-electron chi connectivity index (χ4n) is 1.90. The molecule has 0 aliphatic heterocycles. The quantitative estimate of drug-likeness (QED) is 0.647. The van der Waals surface area contributed by atoms with Crippen molar-refractivity contribution >= 4 is 11.2 Å². The first-order chi connectivity index (χ1) is 9.93. The lowest BCUT2D eigenvalue weighted by Crippen LogP contribution is -2.37. The number of aromatic hydroxyl groups is 1. The van der Waals surface area contributed by atoms with Crippen molar-refractivity contribution in [2.45, 2.75) is 0 Å². The molecule has 1 aromatic carbocycles. The summed E-state index contributed by atoms with van der Waals surface area (Å²) in [5.74, 6) is 0.322. The predicted molar refractivity (Wildman–Crippen MR) is 79.3 cm³/mol. The van der Waals surface area contributed by atoms with Gasteiger partial charge in [0.1, 0.15) is 5.75 Å². The van der Waals surface area contributed by atoms with Gasteiger partial charge in [-0.3, -0.25) is 13.9 Å². The van der Waals surface area contributed by atoms with Crippen molar-refractivity contribution in [2.75, 3.05) is 0 Å². The molecule has 0 aliphatic carbocycles. The number of phenols is 1. The van der Waals surface area contributed by atoms with Gasteiger partial charge in [0.15, 0.2) is 11.2 Å². The van der Waals surface area contributed by atoms with Crippen molar-refractivity contribution in [2.24, 2.45) is 21.1 Å². The van der Waals surface area contributed by atoms with E-state index in [0.717, 1.165) is 4.57 Å². The average Bonchev–Trinajstić information content (AvgIpc) is 2.86. The highest BCUT2D eigenvalue weighted by molar-refractivity contribution is 5.69. The van der Waals surface area contributed by atoms with E-state index in [1.165, 1.54) is 17.9 Å². The molecule has 0 saturated heterocycles. The van der Waals surface area contributed by atoms with Gasteiger partial charge in [0.2, 0.25) is 0 Å². The Hall–Kier alpha value is -2.83. The lowest BCUT2D eigenvalue weighted by atomic mass is 10.3. The van der Waals surface area contributed by atoms with Gasteiger partial charge in [-0.1, -0.05) is 18.2 Å². The van der Waals surface area contributed by atoms with E-state index >= 15 is 0 Å². The van der Waals surface area contributed by atoms with Crippen LogP contribution in [0, 0.1) is 0 Å². The maximum atomic E-state index is 11.7. The second-order valence-electron chi connectivity index (χ2n) is 4.57. The van der Waals surface area contributed by atoms with Crippen LogP contribution in [0.1, 0.15) is 0 Å². The maximum Gasteiger partial charge on any atom is 0.332 e. The summed E-state index contributed by atoms with van der Waals surface area (Å²) >= 11 is 0. The van der Waals surface area contributed by atoms with Gasteiger partial charge >= 0.3 is 5.69 Å². The molecule has 0 amide bonds. The summed E-state index contributed by atoms with van der Waals surface area (Å²) < 4.78 is 4.04. The van der Waals surface area contributed by atoms with Crippen LogP contribution in [0.15, 0.2) is 46.2 Å². The molecule has 0 aliphatic rings. The zero-order valence-electron chi connectivity index (χ0n) is 12.0. The first kappa shape index (κ1) is 14.6. The Morgan fingerprint density at radius 1 is 1.00 bits per heavy atom. The summed E-state index contributed by atoms with van der Waals surface area (Å²) in [7, 11) is 4.77. The van der Waals surface area contributed by atoms with Gasteiger partial charge in [0.25, 0.3) is 5.56 Å². The maximum absolute atomic E-state index is 11.7. The standard InChI is InChI=1S/C8H10N4O2.C6H6O/c1-10-4-9-6-5(10)7(13)12(3)8(14)11(6)2;7-6-4-2-1-3-5-6/h4H,1-3H3;1-5,7H. The average molecular weight is 288 g/mol. The van der Waals surface area contributed by atoms with E-state index < -0.39 is 0 Å². The number of aryl methyl sites for hydroxylation is 2. The van der Waals surface area contributed by atoms with Crippen molar-refractivity contribution in [3.63, 3.8) is 0 Å². The first-order valence-corrected chi connectivity index (χ1v) is 6.24. The molecular formula is C14H16N4O3. The number of fused-ring (bicyclic) bond motifs is 1. The van der Waals surface area contributed by atoms with Crippen LogP contribution in [-0.2, 0) is 21.1 Å². The lowest BCUT2D eigenvalue weighted by Gasteiger charge is -2.02. The molecule has 1 N–H and O–H groups in total. The van der Waals surface area contributed by atoms with Gasteiger partial charge in [-0.25, -0.2) is 9.78 Å². The monoisotopic (exact) mass is 288 g/mol. The van der Waals surface area contributed by atoms with Crippen LogP contribution in [0.4, 0.5) is 0 Å². The first-order valence-electron chi connectivity index (χ1n) is 6.24. The fourth-order valence-corrected chi connectivity index (χ4v) is 1.90. The van der Waals surface area contributed by atoms with Crippen molar-refractivity contribution in [3.05, 3.63) is 57.5 Å². The van der Waals surface area contributed by atoms with E-state index in [2.05, 4.69) is 4.98 Å². The van der Waals surface area contributed by atoms with Gasteiger partial charge in [-0.15, -0.1) is 0 Å². The van der Waals surface area contributed by atoms with Gasteiger partial charge in [0.05, 0.1) is 6.33 Å². The van der Waals surface area contributed by atoms with Gasteiger partial charge in [-0.2, -0.15) is 0 Å². The van der Waals surface area contributed by atoms with Crippen LogP contribution < -0.4 is 11.2 Å². The molecule has 0 saturated carbocycles. The lowest BCUT2D eigenvalue weighted by molar-refractivity contribution is 0.475. The van der Waals surface area contributed by atoms with Gasteiger partial charge in [-0.05, 0) is 12.1 Å². The molecular weight excluding hydrogens is 272 g/mol. The molecule has 0 radical (unpaired) electrons. The molecule has 3 rings (SSSR count). The molecule has 110 valence electrons. The molecule has 3 aromatic rings. The van der Waals surface area contributed by atoms with E-state index in [1.54, 1.807) is 42.9 Å². The van der Waals surface area contributed by atoms with Crippen molar-refractivity contribution in [3.8, 4) is 5.75 Å². The number of phenolic OH excluding ortho intramolecular Hbond substituents is 1. The Labute approximate surface area is 120 Å².